The van der Waals surface area contributed by atoms with Gasteiger partial charge in [0.15, 0.2) is 0 Å². The van der Waals surface area contributed by atoms with Crippen LogP contribution in [0.3, 0.4) is 0 Å². The number of nitro benzene ring substituents is 1. The summed E-state index contributed by atoms with van der Waals surface area (Å²) in [5.41, 5.74) is -0.228. The molecule has 1 rings (SSSR count). The highest BCUT2D eigenvalue weighted by Crippen LogP contribution is 2.30. The lowest BCUT2D eigenvalue weighted by atomic mass is 10.0. The van der Waals surface area contributed by atoms with E-state index in [1.54, 1.807) is 34.6 Å². The summed E-state index contributed by atoms with van der Waals surface area (Å²) in [5, 5.41) is 14.4. The zero-order valence-electron chi connectivity index (χ0n) is 16.3. The Morgan fingerprint density at radius 3 is 2.33 bits per heavy atom. The van der Waals surface area contributed by atoms with Crippen molar-refractivity contribution in [3.05, 3.63) is 28.3 Å². The number of rotatable bonds is 10. The Balaban J connectivity index is 3.21. The van der Waals surface area contributed by atoms with E-state index in [0.717, 1.165) is 6.07 Å². The van der Waals surface area contributed by atoms with Gasteiger partial charge in [-0.2, -0.15) is 4.31 Å². The number of nitro groups is 1. The Labute approximate surface area is 159 Å². The number of carbonyl (C=O) groups excluding carboxylic acids is 1. The van der Waals surface area contributed by atoms with Crippen molar-refractivity contribution in [1.82, 2.24) is 4.31 Å². The van der Waals surface area contributed by atoms with E-state index in [1.165, 1.54) is 16.4 Å². The van der Waals surface area contributed by atoms with Crippen molar-refractivity contribution >= 4 is 27.4 Å². The number of nitrogens with zero attached hydrogens (tertiary/aromatic N) is 2. The van der Waals surface area contributed by atoms with Gasteiger partial charge in [0.25, 0.3) is 5.69 Å². The van der Waals surface area contributed by atoms with Crippen LogP contribution in [0.25, 0.3) is 0 Å². The second kappa shape index (κ2) is 9.65. The maximum absolute atomic E-state index is 12.6. The molecule has 10 heteroatoms. The molecule has 0 saturated carbocycles. The lowest BCUT2D eigenvalue weighted by Gasteiger charge is -2.22. The predicted molar refractivity (Wildman–Crippen MR) is 102 cm³/mol. The summed E-state index contributed by atoms with van der Waals surface area (Å²) in [4.78, 5) is 22.5. The van der Waals surface area contributed by atoms with Gasteiger partial charge in [-0.15, -0.1) is 0 Å². The quantitative estimate of drug-likeness (QED) is 0.363. The Morgan fingerprint density at radius 1 is 1.26 bits per heavy atom. The Kier molecular flexibility index (Phi) is 8.17. The first-order valence-corrected chi connectivity index (χ1v) is 10.3. The van der Waals surface area contributed by atoms with Crippen LogP contribution in [0.5, 0.6) is 0 Å². The monoisotopic (exact) mass is 401 g/mol. The Morgan fingerprint density at radius 2 is 1.85 bits per heavy atom. The summed E-state index contributed by atoms with van der Waals surface area (Å²) < 4.78 is 31.4. The number of hydrogen-bond donors (Lipinski definition) is 1. The van der Waals surface area contributed by atoms with E-state index in [4.69, 9.17) is 4.74 Å². The van der Waals surface area contributed by atoms with Gasteiger partial charge in [-0.1, -0.05) is 13.8 Å². The summed E-state index contributed by atoms with van der Waals surface area (Å²) in [5.74, 6) is -0.954. The molecular weight excluding hydrogens is 374 g/mol. The molecule has 0 bridgehead atoms. The van der Waals surface area contributed by atoms with E-state index in [2.05, 4.69) is 5.32 Å². The smallest absolute Gasteiger partial charge is 0.310 e. The van der Waals surface area contributed by atoms with Gasteiger partial charge in [-0.3, -0.25) is 14.9 Å². The molecule has 0 aliphatic heterocycles. The third-order valence-corrected chi connectivity index (χ3v) is 6.35. The fourth-order valence-corrected chi connectivity index (χ4v) is 3.98. The largest absolute Gasteiger partial charge is 0.466 e. The van der Waals surface area contributed by atoms with E-state index in [-0.39, 0.29) is 36.0 Å². The average Bonchev–Trinajstić information content (AvgIpc) is 2.61. The highest BCUT2D eigenvalue weighted by atomic mass is 32.2. The fourth-order valence-electron chi connectivity index (χ4n) is 2.51. The molecule has 0 spiro atoms. The molecule has 0 heterocycles. The number of benzene rings is 1. The SMILES string of the molecule is CCOC(=O)[C@@H](C)[C@H](C)Nc1ccc(S(=O)(=O)N(CC)CC)cc1[N+](=O)[O-]. The molecule has 0 amide bonds. The van der Waals surface area contributed by atoms with Crippen LogP contribution in [-0.4, -0.2) is 49.4 Å². The van der Waals surface area contributed by atoms with Gasteiger partial charge in [0.05, 0.1) is 22.3 Å². The van der Waals surface area contributed by atoms with Crippen LogP contribution < -0.4 is 5.32 Å². The molecule has 0 aliphatic carbocycles. The molecule has 1 aromatic carbocycles. The maximum Gasteiger partial charge on any atom is 0.310 e. The summed E-state index contributed by atoms with van der Waals surface area (Å²) in [6.45, 7) is 9.22. The topological polar surface area (TPSA) is 119 Å². The van der Waals surface area contributed by atoms with E-state index in [0.29, 0.717) is 0 Å². The average molecular weight is 401 g/mol. The number of ether oxygens (including phenoxy) is 1. The number of anilines is 1. The second-order valence-electron chi connectivity index (χ2n) is 6.00. The van der Waals surface area contributed by atoms with Crippen LogP contribution in [0, 0.1) is 16.0 Å². The molecule has 1 aromatic rings. The van der Waals surface area contributed by atoms with Crippen molar-refractivity contribution in [2.24, 2.45) is 5.92 Å². The van der Waals surface area contributed by atoms with Crippen LogP contribution in [-0.2, 0) is 19.6 Å². The molecule has 0 unspecified atom stereocenters. The molecule has 152 valence electrons. The predicted octanol–water partition coefficient (Wildman–Crippen LogP) is 2.62. The van der Waals surface area contributed by atoms with E-state index < -0.39 is 32.9 Å². The summed E-state index contributed by atoms with van der Waals surface area (Å²) in [6, 6.07) is 3.26. The molecule has 0 fully saturated rings. The first-order valence-electron chi connectivity index (χ1n) is 8.81. The first kappa shape index (κ1) is 22.8. The van der Waals surface area contributed by atoms with Gasteiger partial charge >= 0.3 is 5.97 Å². The third kappa shape index (κ3) is 5.39. The molecule has 27 heavy (non-hydrogen) atoms. The first-order chi connectivity index (χ1) is 12.6. The van der Waals surface area contributed by atoms with Crippen molar-refractivity contribution in [1.29, 1.82) is 0 Å². The van der Waals surface area contributed by atoms with Crippen molar-refractivity contribution in [2.45, 2.75) is 45.6 Å². The molecule has 1 N–H and O–H groups in total. The minimum atomic E-state index is -3.81. The van der Waals surface area contributed by atoms with Crippen molar-refractivity contribution < 1.29 is 22.9 Å². The molecule has 9 nitrogen and oxygen atoms in total. The Bertz CT molecular complexity index is 777. The maximum atomic E-state index is 12.6. The van der Waals surface area contributed by atoms with Gasteiger partial charge in [-0.05, 0) is 32.9 Å². The molecular formula is C17H27N3O6S. The van der Waals surface area contributed by atoms with Crippen molar-refractivity contribution in [3.63, 3.8) is 0 Å². The third-order valence-electron chi connectivity index (χ3n) is 4.30. The number of hydrogen-bond acceptors (Lipinski definition) is 7. The molecule has 0 aromatic heterocycles. The van der Waals surface area contributed by atoms with E-state index >= 15 is 0 Å². The number of sulfonamides is 1. The van der Waals surface area contributed by atoms with Crippen molar-refractivity contribution in [3.8, 4) is 0 Å². The van der Waals surface area contributed by atoms with Gasteiger partial charge in [0.2, 0.25) is 10.0 Å². The molecule has 0 aliphatic rings. The standard InChI is InChI=1S/C17H27N3O6S/c1-6-19(7-2)27(24,25)14-9-10-15(16(11-14)20(22)23)18-13(5)12(4)17(21)26-8-3/h9-13,18H,6-8H2,1-5H3/t12-,13-/m0/s1. The normalized spacial score (nSPS) is 13.9. The van der Waals surface area contributed by atoms with Crippen LogP contribution in [0.4, 0.5) is 11.4 Å². The van der Waals surface area contributed by atoms with Crippen LogP contribution in [0.15, 0.2) is 23.1 Å². The van der Waals surface area contributed by atoms with Gasteiger partial charge in [0.1, 0.15) is 5.69 Å². The summed E-state index contributed by atoms with van der Waals surface area (Å²) in [7, 11) is -3.81. The van der Waals surface area contributed by atoms with Gasteiger partial charge < -0.3 is 10.1 Å². The lowest BCUT2D eigenvalue weighted by Crippen LogP contribution is -2.32. The fraction of sp³-hybridized carbons (Fsp3) is 0.588. The summed E-state index contributed by atoms with van der Waals surface area (Å²) >= 11 is 0. The second-order valence-corrected chi connectivity index (χ2v) is 7.94. The highest BCUT2D eigenvalue weighted by Gasteiger charge is 2.28. The number of esters is 1. The van der Waals surface area contributed by atoms with Crippen LogP contribution in [0.1, 0.15) is 34.6 Å². The zero-order chi connectivity index (χ0) is 20.8. The Hall–Kier alpha value is -2.20. The van der Waals surface area contributed by atoms with E-state index in [9.17, 15) is 23.3 Å². The number of nitrogens with one attached hydrogen (secondary N) is 1. The summed E-state index contributed by atoms with van der Waals surface area (Å²) in [6.07, 6.45) is 0. The minimum absolute atomic E-state index is 0.141. The van der Waals surface area contributed by atoms with Crippen LogP contribution >= 0.6 is 0 Å². The van der Waals surface area contributed by atoms with Crippen molar-refractivity contribution in [2.75, 3.05) is 25.0 Å². The zero-order valence-corrected chi connectivity index (χ0v) is 17.1. The molecule has 0 radical (unpaired) electrons. The van der Waals surface area contributed by atoms with Crippen LogP contribution in [0.2, 0.25) is 0 Å². The van der Waals surface area contributed by atoms with Gasteiger partial charge in [0, 0.05) is 25.2 Å². The molecule has 0 saturated heterocycles. The lowest BCUT2D eigenvalue weighted by molar-refractivity contribution is -0.384. The van der Waals surface area contributed by atoms with E-state index in [1.807, 2.05) is 0 Å². The number of carbonyl (C=O) groups is 1. The highest BCUT2D eigenvalue weighted by molar-refractivity contribution is 7.89. The molecule has 2 atom stereocenters. The van der Waals surface area contributed by atoms with Gasteiger partial charge in [-0.25, -0.2) is 8.42 Å². The minimum Gasteiger partial charge on any atom is -0.466 e.